The molecule has 0 unspecified atom stereocenters. The van der Waals surface area contributed by atoms with Crippen LogP contribution in [0.1, 0.15) is 11.1 Å². The maximum atomic E-state index is 12.5. The molecule has 2 heterocycles. The molecule has 0 saturated carbocycles. The number of rotatable bonds is 0. The number of hydrogen-bond acceptors (Lipinski definition) is 2. The third-order valence-electron chi connectivity index (χ3n) is 1.98. The van der Waals surface area contributed by atoms with E-state index in [1.165, 1.54) is 12.4 Å². The number of aryl methyl sites for hydroxylation is 1. The van der Waals surface area contributed by atoms with Crippen LogP contribution in [0.2, 0.25) is 0 Å². The molecule has 0 aromatic carbocycles. The summed E-state index contributed by atoms with van der Waals surface area (Å²) in [5.74, 6) is 0. The predicted octanol–water partition coefficient (Wildman–Crippen LogP) is 3.62. The van der Waals surface area contributed by atoms with Crippen molar-refractivity contribution in [1.82, 2.24) is 4.98 Å². The van der Waals surface area contributed by atoms with Gasteiger partial charge < -0.3 is 0 Å². The van der Waals surface area contributed by atoms with Gasteiger partial charge in [0.1, 0.15) is 0 Å². The minimum absolute atomic E-state index is 0.275. The summed E-state index contributed by atoms with van der Waals surface area (Å²) >= 11 is 1.07. The molecule has 0 atom stereocenters. The first-order valence-corrected chi connectivity index (χ1v) is 4.77. The van der Waals surface area contributed by atoms with Crippen molar-refractivity contribution in [3.63, 3.8) is 0 Å². The fourth-order valence-electron chi connectivity index (χ4n) is 1.36. The summed E-state index contributed by atoms with van der Waals surface area (Å²) in [7, 11) is 0. The molecule has 0 bridgehead atoms. The number of halogens is 3. The number of pyridine rings is 1. The molecular weight excluding hydrogens is 211 g/mol. The van der Waals surface area contributed by atoms with E-state index in [-0.39, 0.29) is 5.39 Å². The van der Waals surface area contributed by atoms with Crippen LogP contribution in [0.3, 0.4) is 0 Å². The van der Waals surface area contributed by atoms with E-state index in [1.54, 1.807) is 6.92 Å². The lowest BCUT2D eigenvalue weighted by Crippen LogP contribution is -2.03. The molecule has 74 valence electrons. The highest BCUT2D eigenvalue weighted by molar-refractivity contribution is 7.17. The van der Waals surface area contributed by atoms with Crippen molar-refractivity contribution >= 4 is 21.4 Å². The lowest BCUT2D eigenvalue weighted by molar-refractivity contribution is -0.136. The molecule has 2 rings (SSSR count). The molecule has 0 fully saturated rings. The summed E-state index contributed by atoms with van der Waals surface area (Å²) in [6, 6.07) is 0. The van der Waals surface area contributed by atoms with E-state index in [1.807, 2.05) is 0 Å². The molecule has 0 radical (unpaired) electrons. The third kappa shape index (κ3) is 1.37. The number of hydrogen-bond donors (Lipinski definition) is 0. The summed E-state index contributed by atoms with van der Waals surface area (Å²) < 4.78 is 38.1. The molecule has 0 saturated heterocycles. The lowest BCUT2D eigenvalue weighted by atomic mass is 10.1. The Kier molecular flexibility index (Phi) is 1.99. The van der Waals surface area contributed by atoms with Crippen molar-refractivity contribution < 1.29 is 13.2 Å². The van der Waals surface area contributed by atoms with Gasteiger partial charge in [0.05, 0.1) is 10.3 Å². The topological polar surface area (TPSA) is 12.9 Å². The van der Waals surface area contributed by atoms with Gasteiger partial charge in [-0.15, -0.1) is 11.3 Å². The van der Waals surface area contributed by atoms with Crippen molar-refractivity contribution in [2.24, 2.45) is 0 Å². The average Bonchev–Trinajstić information content (AvgIpc) is 2.47. The molecule has 0 spiro atoms. The number of nitrogens with zero attached hydrogens (tertiary/aromatic N) is 1. The Hall–Kier alpha value is -1.10. The minimum atomic E-state index is -4.27. The van der Waals surface area contributed by atoms with E-state index >= 15 is 0 Å². The molecule has 2 aromatic heterocycles. The number of fused-ring (bicyclic) bond motifs is 1. The molecule has 0 N–H and O–H groups in total. The summed E-state index contributed by atoms with van der Waals surface area (Å²) in [6.45, 7) is 1.64. The van der Waals surface area contributed by atoms with E-state index in [0.717, 1.165) is 16.7 Å². The van der Waals surface area contributed by atoms with E-state index in [4.69, 9.17) is 0 Å². The summed E-state index contributed by atoms with van der Waals surface area (Å²) in [4.78, 5) is 3.85. The van der Waals surface area contributed by atoms with Crippen LogP contribution in [0.15, 0.2) is 17.8 Å². The van der Waals surface area contributed by atoms with E-state index in [0.29, 0.717) is 10.3 Å². The van der Waals surface area contributed by atoms with Gasteiger partial charge in [-0.25, -0.2) is 0 Å². The fourth-order valence-corrected chi connectivity index (χ4v) is 2.37. The molecule has 14 heavy (non-hydrogen) atoms. The second-order valence-corrected chi connectivity index (χ2v) is 3.89. The zero-order valence-electron chi connectivity index (χ0n) is 7.22. The molecule has 5 heteroatoms. The molecule has 0 aliphatic heterocycles. The van der Waals surface area contributed by atoms with Gasteiger partial charge >= 0.3 is 6.18 Å². The number of alkyl halides is 3. The average molecular weight is 217 g/mol. The van der Waals surface area contributed by atoms with Crippen LogP contribution in [0.4, 0.5) is 13.2 Å². The van der Waals surface area contributed by atoms with Gasteiger partial charge in [-0.05, 0) is 12.5 Å². The van der Waals surface area contributed by atoms with Crippen LogP contribution in [0.25, 0.3) is 10.1 Å². The third-order valence-corrected chi connectivity index (χ3v) is 2.90. The molecular formula is C9H6F3NS. The van der Waals surface area contributed by atoms with E-state index < -0.39 is 11.7 Å². The van der Waals surface area contributed by atoms with Crippen LogP contribution < -0.4 is 0 Å². The maximum Gasteiger partial charge on any atom is 0.417 e. The summed E-state index contributed by atoms with van der Waals surface area (Å²) in [5.41, 5.74) is 0.00785. The van der Waals surface area contributed by atoms with Crippen LogP contribution in [0, 0.1) is 6.92 Å². The Morgan fingerprint density at radius 2 is 2.00 bits per heavy atom. The van der Waals surface area contributed by atoms with Gasteiger partial charge in [0, 0.05) is 23.2 Å². The molecule has 2 aromatic rings. The first kappa shape index (κ1) is 9.45. The van der Waals surface area contributed by atoms with Crippen LogP contribution in [-0.2, 0) is 6.18 Å². The summed E-state index contributed by atoms with van der Waals surface area (Å²) in [6.07, 6.45) is -1.36. The first-order chi connectivity index (χ1) is 6.50. The standard InChI is InChI=1S/C9H6F3NS/c1-5-2-13-3-7-8(5)6(4-14-7)9(10,11)12/h2-4H,1H3. The smallest absolute Gasteiger partial charge is 0.263 e. The lowest BCUT2D eigenvalue weighted by Gasteiger charge is -2.05. The normalized spacial score (nSPS) is 12.3. The van der Waals surface area contributed by atoms with Crippen molar-refractivity contribution in [3.8, 4) is 0 Å². The Morgan fingerprint density at radius 1 is 1.29 bits per heavy atom. The van der Waals surface area contributed by atoms with E-state index in [2.05, 4.69) is 4.98 Å². The number of aromatic nitrogens is 1. The molecule has 0 amide bonds. The summed E-state index contributed by atoms with van der Waals surface area (Å²) in [5, 5.41) is 1.41. The first-order valence-electron chi connectivity index (χ1n) is 3.89. The monoisotopic (exact) mass is 217 g/mol. The SMILES string of the molecule is Cc1cncc2scc(C(F)(F)F)c12. The second-order valence-electron chi connectivity index (χ2n) is 2.98. The van der Waals surface area contributed by atoms with Crippen LogP contribution in [-0.4, -0.2) is 4.98 Å². The Labute approximate surface area is 82.2 Å². The second kappa shape index (κ2) is 2.95. The Balaban J connectivity index is 2.80. The highest BCUT2D eigenvalue weighted by Gasteiger charge is 2.34. The van der Waals surface area contributed by atoms with Crippen molar-refractivity contribution in [2.75, 3.05) is 0 Å². The van der Waals surface area contributed by atoms with Crippen molar-refractivity contribution in [2.45, 2.75) is 13.1 Å². The van der Waals surface area contributed by atoms with Crippen LogP contribution >= 0.6 is 11.3 Å². The molecule has 0 aliphatic rings. The van der Waals surface area contributed by atoms with Crippen molar-refractivity contribution in [3.05, 3.63) is 28.9 Å². The van der Waals surface area contributed by atoms with Gasteiger partial charge in [-0.2, -0.15) is 13.2 Å². The predicted molar refractivity (Wildman–Crippen MR) is 49.4 cm³/mol. The van der Waals surface area contributed by atoms with Gasteiger partial charge in [0.25, 0.3) is 0 Å². The quantitative estimate of drug-likeness (QED) is 0.656. The van der Waals surface area contributed by atoms with Gasteiger partial charge in [0.2, 0.25) is 0 Å². The van der Waals surface area contributed by atoms with Gasteiger partial charge in [-0.1, -0.05) is 0 Å². The zero-order chi connectivity index (χ0) is 10.3. The molecule has 1 nitrogen and oxygen atoms in total. The fraction of sp³-hybridized carbons (Fsp3) is 0.222. The highest BCUT2D eigenvalue weighted by Crippen LogP contribution is 2.39. The largest absolute Gasteiger partial charge is 0.417 e. The van der Waals surface area contributed by atoms with Gasteiger partial charge in [-0.3, -0.25) is 4.98 Å². The van der Waals surface area contributed by atoms with Crippen LogP contribution in [0.5, 0.6) is 0 Å². The zero-order valence-corrected chi connectivity index (χ0v) is 8.04. The molecule has 0 aliphatic carbocycles. The van der Waals surface area contributed by atoms with E-state index in [9.17, 15) is 13.2 Å². The minimum Gasteiger partial charge on any atom is -0.263 e. The highest BCUT2D eigenvalue weighted by atomic mass is 32.1. The van der Waals surface area contributed by atoms with Crippen molar-refractivity contribution in [1.29, 1.82) is 0 Å². The number of thiophene rings is 1. The Bertz CT molecular complexity index is 472. The van der Waals surface area contributed by atoms with Gasteiger partial charge in [0.15, 0.2) is 0 Å². The Morgan fingerprint density at radius 3 is 2.64 bits per heavy atom. The maximum absolute atomic E-state index is 12.5.